The van der Waals surface area contributed by atoms with Crippen LogP contribution in [0.15, 0.2) is 6.07 Å². The van der Waals surface area contributed by atoms with Gasteiger partial charge in [-0.3, -0.25) is 9.20 Å². The highest BCUT2D eigenvalue weighted by Crippen LogP contribution is 2.28. The molecule has 0 aromatic carbocycles. The van der Waals surface area contributed by atoms with Crippen molar-refractivity contribution in [1.29, 1.82) is 0 Å². The molecule has 1 aliphatic carbocycles. The smallest absolute Gasteiger partial charge is 0.255 e. The van der Waals surface area contributed by atoms with Gasteiger partial charge in [0.25, 0.3) is 5.78 Å². The summed E-state index contributed by atoms with van der Waals surface area (Å²) in [7, 11) is 0. The number of fused-ring (bicyclic) bond motifs is 1. The molecule has 0 aliphatic heterocycles. The predicted octanol–water partition coefficient (Wildman–Crippen LogP) is 0.767. The summed E-state index contributed by atoms with van der Waals surface area (Å²) in [6.45, 7) is 4.32. The molecule has 0 radical (unpaired) electrons. The number of rotatable bonds is 3. The third-order valence-electron chi connectivity index (χ3n) is 3.13. The maximum atomic E-state index is 11.6. The summed E-state index contributed by atoms with van der Waals surface area (Å²) >= 11 is 0. The summed E-state index contributed by atoms with van der Waals surface area (Å²) in [6, 6.07) is 1.97. The zero-order valence-corrected chi connectivity index (χ0v) is 10.5. The minimum absolute atomic E-state index is 0.115. The first kappa shape index (κ1) is 11.1. The van der Waals surface area contributed by atoms with E-state index in [4.69, 9.17) is 0 Å². The SMILES string of the molecule is Cc1cc(C)n2c(CNC(=O)C3CC3)nnc2n1. The lowest BCUT2D eigenvalue weighted by Gasteiger charge is -2.05. The van der Waals surface area contributed by atoms with Gasteiger partial charge in [-0.25, -0.2) is 4.98 Å². The van der Waals surface area contributed by atoms with Gasteiger partial charge >= 0.3 is 0 Å². The fraction of sp³-hybridized carbons (Fsp3) is 0.500. The largest absolute Gasteiger partial charge is 0.349 e. The molecule has 6 nitrogen and oxygen atoms in total. The van der Waals surface area contributed by atoms with Crippen LogP contribution >= 0.6 is 0 Å². The van der Waals surface area contributed by atoms with E-state index < -0.39 is 0 Å². The summed E-state index contributed by atoms with van der Waals surface area (Å²) in [5, 5.41) is 11.0. The van der Waals surface area contributed by atoms with E-state index in [0.29, 0.717) is 12.3 Å². The third kappa shape index (κ3) is 1.94. The van der Waals surface area contributed by atoms with Crippen LogP contribution in [0.2, 0.25) is 0 Å². The number of nitrogens with one attached hydrogen (secondary N) is 1. The molecule has 6 heteroatoms. The molecule has 18 heavy (non-hydrogen) atoms. The Morgan fingerprint density at radius 2 is 2.22 bits per heavy atom. The van der Waals surface area contributed by atoms with E-state index in [1.165, 1.54) is 0 Å². The number of hydrogen-bond acceptors (Lipinski definition) is 4. The predicted molar refractivity (Wildman–Crippen MR) is 64.8 cm³/mol. The molecule has 1 aliphatic rings. The van der Waals surface area contributed by atoms with E-state index in [-0.39, 0.29) is 11.8 Å². The molecule has 0 spiro atoms. The molecular formula is C12H15N5O. The summed E-state index contributed by atoms with van der Waals surface area (Å²) in [6.07, 6.45) is 2.01. The third-order valence-corrected chi connectivity index (χ3v) is 3.13. The fourth-order valence-corrected chi connectivity index (χ4v) is 2.07. The zero-order chi connectivity index (χ0) is 12.7. The summed E-state index contributed by atoms with van der Waals surface area (Å²) in [4.78, 5) is 15.9. The van der Waals surface area contributed by atoms with Gasteiger partial charge in [0.2, 0.25) is 5.91 Å². The quantitative estimate of drug-likeness (QED) is 0.866. The van der Waals surface area contributed by atoms with Crippen LogP contribution in [0.1, 0.15) is 30.1 Å². The number of carbonyl (C=O) groups is 1. The summed E-state index contributed by atoms with van der Waals surface area (Å²) < 4.78 is 1.88. The van der Waals surface area contributed by atoms with Crippen molar-refractivity contribution in [1.82, 2.24) is 24.9 Å². The van der Waals surface area contributed by atoms with Crippen LogP contribution in [0.3, 0.4) is 0 Å². The maximum absolute atomic E-state index is 11.6. The Hall–Kier alpha value is -1.98. The van der Waals surface area contributed by atoms with Gasteiger partial charge in [-0.1, -0.05) is 0 Å². The number of nitrogens with zero attached hydrogens (tertiary/aromatic N) is 4. The molecular weight excluding hydrogens is 230 g/mol. The average Bonchev–Trinajstić information content (AvgIpc) is 3.08. The first-order valence-corrected chi connectivity index (χ1v) is 6.11. The van der Waals surface area contributed by atoms with E-state index in [9.17, 15) is 4.79 Å². The Morgan fingerprint density at radius 1 is 1.44 bits per heavy atom. The van der Waals surface area contributed by atoms with Crippen molar-refractivity contribution in [3.8, 4) is 0 Å². The number of amides is 1. The molecule has 0 atom stereocenters. The van der Waals surface area contributed by atoms with E-state index in [1.807, 2.05) is 24.3 Å². The highest BCUT2D eigenvalue weighted by molar-refractivity contribution is 5.80. The molecule has 1 fully saturated rings. The molecule has 2 aromatic rings. The topological polar surface area (TPSA) is 72.2 Å². The monoisotopic (exact) mass is 245 g/mol. The van der Waals surface area contributed by atoms with Gasteiger partial charge in [0.1, 0.15) is 0 Å². The van der Waals surface area contributed by atoms with Crippen molar-refractivity contribution in [2.24, 2.45) is 5.92 Å². The second-order valence-corrected chi connectivity index (χ2v) is 4.78. The lowest BCUT2D eigenvalue weighted by atomic mass is 10.3. The van der Waals surface area contributed by atoms with Crippen LogP contribution in [0.4, 0.5) is 0 Å². The molecule has 3 rings (SSSR count). The van der Waals surface area contributed by atoms with Crippen LogP contribution < -0.4 is 5.32 Å². The maximum Gasteiger partial charge on any atom is 0.255 e. The number of carbonyl (C=O) groups excluding carboxylic acids is 1. The van der Waals surface area contributed by atoms with Crippen LogP contribution in [0, 0.1) is 19.8 Å². The molecule has 0 saturated heterocycles. The minimum Gasteiger partial charge on any atom is -0.349 e. The van der Waals surface area contributed by atoms with Crippen molar-refractivity contribution in [3.63, 3.8) is 0 Å². The van der Waals surface area contributed by atoms with Crippen molar-refractivity contribution in [2.75, 3.05) is 0 Å². The van der Waals surface area contributed by atoms with Crippen LogP contribution in [0.25, 0.3) is 5.78 Å². The molecule has 0 bridgehead atoms. The molecule has 2 heterocycles. The van der Waals surface area contributed by atoms with Crippen molar-refractivity contribution in [3.05, 3.63) is 23.3 Å². The van der Waals surface area contributed by atoms with Gasteiger partial charge < -0.3 is 5.32 Å². The van der Waals surface area contributed by atoms with Crippen molar-refractivity contribution < 1.29 is 4.79 Å². The fourth-order valence-electron chi connectivity index (χ4n) is 2.07. The highest BCUT2D eigenvalue weighted by atomic mass is 16.2. The van der Waals surface area contributed by atoms with Gasteiger partial charge in [0.05, 0.1) is 6.54 Å². The second kappa shape index (κ2) is 4.04. The van der Waals surface area contributed by atoms with Gasteiger partial charge in [-0.15, -0.1) is 10.2 Å². The highest BCUT2D eigenvalue weighted by Gasteiger charge is 2.29. The summed E-state index contributed by atoms with van der Waals surface area (Å²) in [5.74, 6) is 1.64. The van der Waals surface area contributed by atoms with Crippen LogP contribution in [-0.2, 0) is 11.3 Å². The molecule has 1 amide bonds. The average molecular weight is 245 g/mol. The number of aromatic nitrogens is 4. The number of hydrogen-bond donors (Lipinski definition) is 1. The van der Waals surface area contributed by atoms with Crippen molar-refractivity contribution >= 4 is 11.7 Å². The normalized spacial score (nSPS) is 15.0. The number of aryl methyl sites for hydroxylation is 2. The minimum atomic E-state index is 0.115. The first-order valence-electron chi connectivity index (χ1n) is 6.11. The van der Waals surface area contributed by atoms with Crippen molar-refractivity contribution in [2.45, 2.75) is 33.2 Å². The molecule has 1 saturated carbocycles. The molecule has 94 valence electrons. The summed E-state index contributed by atoms with van der Waals surface area (Å²) in [5.41, 5.74) is 1.94. The Balaban J connectivity index is 1.85. The lowest BCUT2D eigenvalue weighted by Crippen LogP contribution is -2.25. The van der Waals surface area contributed by atoms with Crippen LogP contribution in [-0.4, -0.2) is 25.5 Å². The Labute approximate surface area is 104 Å². The van der Waals surface area contributed by atoms with Gasteiger partial charge in [0, 0.05) is 17.3 Å². The van der Waals surface area contributed by atoms with Crippen LogP contribution in [0.5, 0.6) is 0 Å². The van der Waals surface area contributed by atoms with E-state index >= 15 is 0 Å². The first-order chi connectivity index (χ1) is 8.65. The second-order valence-electron chi connectivity index (χ2n) is 4.78. The van der Waals surface area contributed by atoms with E-state index in [1.54, 1.807) is 0 Å². The Bertz CT molecular complexity index is 614. The molecule has 0 unspecified atom stereocenters. The Kier molecular flexibility index (Phi) is 2.50. The lowest BCUT2D eigenvalue weighted by molar-refractivity contribution is -0.122. The standard InChI is InChI=1S/C12H15N5O/c1-7-5-8(2)17-10(15-16-12(17)14-7)6-13-11(18)9-3-4-9/h5,9H,3-4,6H2,1-2H3,(H,13,18). The van der Waals surface area contributed by atoms with E-state index in [0.717, 1.165) is 30.1 Å². The van der Waals surface area contributed by atoms with E-state index in [2.05, 4.69) is 20.5 Å². The molecule has 2 aromatic heterocycles. The molecule has 1 N–H and O–H groups in total. The van der Waals surface area contributed by atoms with Gasteiger partial charge in [-0.05, 0) is 32.8 Å². The van der Waals surface area contributed by atoms with Gasteiger partial charge in [0.15, 0.2) is 5.82 Å². The van der Waals surface area contributed by atoms with Gasteiger partial charge in [-0.2, -0.15) is 0 Å². The Morgan fingerprint density at radius 3 is 2.94 bits per heavy atom. The zero-order valence-electron chi connectivity index (χ0n) is 10.5.